The van der Waals surface area contributed by atoms with Gasteiger partial charge >= 0.3 is 0 Å². The topological polar surface area (TPSA) is 24.9 Å². The molecule has 2 heterocycles. The van der Waals surface area contributed by atoms with Gasteiger partial charge in [-0.3, -0.25) is 0 Å². The fraction of sp³-hybridized carbons (Fsp3) is 0.750. The minimum Gasteiger partial charge on any atom is -0.317 e. The Bertz CT molecular complexity index is 313. The van der Waals surface area contributed by atoms with E-state index in [1.54, 1.807) is 0 Å². The molecule has 0 radical (unpaired) electrons. The fourth-order valence-electron chi connectivity index (χ4n) is 2.24. The Morgan fingerprint density at radius 3 is 2.73 bits per heavy atom. The van der Waals surface area contributed by atoms with Crippen molar-refractivity contribution in [3.8, 4) is 0 Å². The standard InChI is InChI=1S/C12H20N2S/c1-3-11-9(2)15-12(14-11)8-10-4-6-13-7-5-10/h10,13H,3-8H2,1-2H3. The number of nitrogens with zero attached hydrogens (tertiary/aromatic N) is 1. The fourth-order valence-corrected chi connectivity index (χ4v) is 3.37. The van der Waals surface area contributed by atoms with Gasteiger partial charge in [-0.1, -0.05) is 6.92 Å². The SMILES string of the molecule is CCc1nc(CC2CCNCC2)sc1C. The maximum atomic E-state index is 4.72. The Kier molecular flexibility index (Phi) is 3.76. The highest BCUT2D eigenvalue weighted by atomic mass is 32.1. The van der Waals surface area contributed by atoms with Crippen LogP contribution in [0.4, 0.5) is 0 Å². The summed E-state index contributed by atoms with van der Waals surface area (Å²) in [7, 11) is 0. The number of hydrogen-bond acceptors (Lipinski definition) is 3. The molecule has 0 aromatic carbocycles. The highest BCUT2D eigenvalue weighted by Crippen LogP contribution is 2.23. The van der Waals surface area contributed by atoms with E-state index in [0.29, 0.717) is 0 Å². The molecule has 1 aromatic heterocycles. The summed E-state index contributed by atoms with van der Waals surface area (Å²) in [6, 6.07) is 0. The Morgan fingerprint density at radius 1 is 1.40 bits per heavy atom. The second-order valence-electron chi connectivity index (χ2n) is 4.36. The van der Waals surface area contributed by atoms with Crippen LogP contribution < -0.4 is 5.32 Å². The van der Waals surface area contributed by atoms with Crippen LogP contribution in [0.15, 0.2) is 0 Å². The second kappa shape index (κ2) is 5.08. The molecule has 0 saturated carbocycles. The number of piperidine rings is 1. The zero-order valence-electron chi connectivity index (χ0n) is 9.68. The van der Waals surface area contributed by atoms with Gasteiger partial charge in [-0.25, -0.2) is 4.98 Å². The van der Waals surface area contributed by atoms with E-state index < -0.39 is 0 Å². The van der Waals surface area contributed by atoms with E-state index in [9.17, 15) is 0 Å². The molecule has 0 bridgehead atoms. The van der Waals surface area contributed by atoms with E-state index in [1.165, 1.54) is 47.9 Å². The number of nitrogens with one attached hydrogen (secondary N) is 1. The van der Waals surface area contributed by atoms with E-state index in [-0.39, 0.29) is 0 Å². The molecule has 2 nitrogen and oxygen atoms in total. The molecule has 2 rings (SSSR count). The minimum atomic E-state index is 0.863. The van der Waals surface area contributed by atoms with Crippen LogP contribution in [0.1, 0.15) is 35.3 Å². The Morgan fingerprint density at radius 2 is 2.13 bits per heavy atom. The predicted octanol–water partition coefficient (Wildman–Crippen LogP) is 2.56. The van der Waals surface area contributed by atoms with Crippen LogP contribution >= 0.6 is 11.3 Å². The zero-order chi connectivity index (χ0) is 10.7. The van der Waals surface area contributed by atoms with Crippen molar-refractivity contribution >= 4 is 11.3 Å². The molecule has 1 aromatic rings. The molecule has 0 spiro atoms. The summed E-state index contributed by atoms with van der Waals surface area (Å²) in [6.45, 7) is 6.77. The molecule has 1 aliphatic rings. The maximum Gasteiger partial charge on any atom is 0.0933 e. The summed E-state index contributed by atoms with van der Waals surface area (Å²) in [5.41, 5.74) is 1.31. The van der Waals surface area contributed by atoms with Gasteiger partial charge in [0.15, 0.2) is 0 Å². The average Bonchev–Trinajstić information content (AvgIpc) is 2.60. The van der Waals surface area contributed by atoms with Crippen molar-refractivity contribution in [1.82, 2.24) is 10.3 Å². The van der Waals surface area contributed by atoms with Crippen LogP contribution in [0.3, 0.4) is 0 Å². The van der Waals surface area contributed by atoms with Crippen molar-refractivity contribution in [2.45, 2.75) is 39.5 Å². The molecular weight excluding hydrogens is 204 g/mol. The highest BCUT2D eigenvalue weighted by molar-refractivity contribution is 7.11. The van der Waals surface area contributed by atoms with Crippen LogP contribution in [0.5, 0.6) is 0 Å². The van der Waals surface area contributed by atoms with Crippen LogP contribution in [0.2, 0.25) is 0 Å². The minimum absolute atomic E-state index is 0.863. The summed E-state index contributed by atoms with van der Waals surface area (Å²) in [5, 5.41) is 4.77. The van der Waals surface area contributed by atoms with Gasteiger partial charge in [-0.15, -0.1) is 11.3 Å². The van der Waals surface area contributed by atoms with Crippen molar-refractivity contribution in [2.75, 3.05) is 13.1 Å². The van der Waals surface area contributed by atoms with Crippen molar-refractivity contribution < 1.29 is 0 Å². The van der Waals surface area contributed by atoms with E-state index in [1.807, 2.05) is 11.3 Å². The van der Waals surface area contributed by atoms with Gasteiger partial charge in [0.25, 0.3) is 0 Å². The molecule has 0 aliphatic carbocycles. The quantitative estimate of drug-likeness (QED) is 0.853. The second-order valence-corrected chi connectivity index (χ2v) is 5.65. The Hall–Kier alpha value is -0.410. The average molecular weight is 224 g/mol. The molecule has 15 heavy (non-hydrogen) atoms. The van der Waals surface area contributed by atoms with E-state index in [2.05, 4.69) is 19.2 Å². The van der Waals surface area contributed by atoms with Crippen LogP contribution in [0.25, 0.3) is 0 Å². The van der Waals surface area contributed by atoms with Gasteiger partial charge in [0.1, 0.15) is 0 Å². The molecule has 1 saturated heterocycles. The number of aryl methyl sites for hydroxylation is 2. The van der Waals surface area contributed by atoms with Crippen LogP contribution in [-0.2, 0) is 12.8 Å². The summed E-state index contributed by atoms with van der Waals surface area (Å²) in [5.74, 6) is 0.863. The molecule has 1 N–H and O–H groups in total. The monoisotopic (exact) mass is 224 g/mol. The Labute approximate surface area is 96.1 Å². The molecule has 1 aliphatic heterocycles. The molecule has 0 unspecified atom stereocenters. The van der Waals surface area contributed by atoms with Crippen molar-refractivity contribution in [1.29, 1.82) is 0 Å². The third-order valence-electron chi connectivity index (χ3n) is 3.19. The number of rotatable bonds is 3. The highest BCUT2D eigenvalue weighted by Gasteiger charge is 2.16. The normalized spacial score (nSPS) is 18.3. The Balaban J connectivity index is 1.97. The number of hydrogen-bond donors (Lipinski definition) is 1. The molecule has 0 amide bonds. The third kappa shape index (κ3) is 2.79. The van der Waals surface area contributed by atoms with Gasteiger partial charge < -0.3 is 5.32 Å². The van der Waals surface area contributed by atoms with Gasteiger partial charge in [-0.2, -0.15) is 0 Å². The number of thiazole rings is 1. The molecule has 0 atom stereocenters. The summed E-state index contributed by atoms with van der Waals surface area (Å²) in [6.07, 6.45) is 4.92. The van der Waals surface area contributed by atoms with Gasteiger partial charge in [-0.05, 0) is 45.2 Å². The first-order valence-electron chi connectivity index (χ1n) is 5.95. The molecule has 3 heteroatoms. The lowest BCUT2D eigenvalue weighted by Gasteiger charge is -2.21. The summed E-state index contributed by atoms with van der Waals surface area (Å²) in [4.78, 5) is 6.14. The van der Waals surface area contributed by atoms with Crippen LogP contribution in [0, 0.1) is 12.8 Å². The molecular formula is C12H20N2S. The van der Waals surface area contributed by atoms with Crippen LogP contribution in [-0.4, -0.2) is 18.1 Å². The van der Waals surface area contributed by atoms with Gasteiger partial charge in [0, 0.05) is 11.3 Å². The zero-order valence-corrected chi connectivity index (χ0v) is 10.5. The smallest absolute Gasteiger partial charge is 0.0933 e. The summed E-state index contributed by atoms with van der Waals surface area (Å²) < 4.78 is 0. The van der Waals surface area contributed by atoms with E-state index in [0.717, 1.165) is 12.3 Å². The van der Waals surface area contributed by atoms with E-state index >= 15 is 0 Å². The first kappa shape index (κ1) is 11.1. The lowest BCUT2D eigenvalue weighted by atomic mass is 9.95. The van der Waals surface area contributed by atoms with Gasteiger partial charge in [0.05, 0.1) is 10.7 Å². The van der Waals surface area contributed by atoms with Crippen molar-refractivity contribution in [3.05, 3.63) is 15.6 Å². The molecule has 1 fully saturated rings. The van der Waals surface area contributed by atoms with Gasteiger partial charge in [0.2, 0.25) is 0 Å². The third-order valence-corrected chi connectivity index (χ3v) is 4.23. The first-order chi connectivity index (χ1) is 7.29. The predicted molar refractivity (Wildman–Crippen MR) is 65.5 cm³/mol. The lowest BCUT2D eigenvalue weighted by molar-refractivity contribution is 0.372. The van der Waals surface area contributed by atoms with E-state index in [4.69, 9.17) is 4.98 Å². The first-order valence-corrected chi connectivity index (χ1v) is 6.77. The lowest BCUT2D eigenvalue weighted by Crippen LogP contribution is -2.28. The maximum absolute atomic E-state index is 4.72. The molecule has 84 valence electrons. The van der Waals surface area contributed by atoms with Crippen molar-refractivity contribution in [3.63, 3.8) is 0 Å². The van der Waals surface area contributed by atoms with Crippen molar-refractivity contribution in [2.24, 2.45) is 5.92 Å². The summed E-state index contributed by atoms with van der Waals surface area (Å²) >= 11 is 1.90. The largest absolute Gasteiger partial charge is 0.317 e. The number of aromatic nitrogens is 1.